The molecule has 1 aromatic rings. The summed E-state index contributed by atoms with van der Waals surface area (Å²) in [4.78, 5) is 5.16. The van der Waals surface area contributed by atoms with Gasteiger partial charge in [0.25, 0.3) is 0 Å². The van der Waals surface area contributed by atoms with Gasteiger partial charge in [-0.05, 0) is 36.5 Å². The van der Waals surface area contributed by atoms with E-state index in [1.807, 2.05) is 18.2 Å². The average Bonchev–Trinajstić information content (AvgIpc) is 2.79. The molecule has 88 valence electrons. The van der Waals surface area contributed by atoms with Gasteiger partial charge >= 0.3 is 0 Å². The minimum atomic E-state index is 0.474. The van der Waals surface area contributed by atoms with Crippen LogP contribution in [0, 0.1) is 0 Å². The van der Waals surface area contributed by atoms with E-state index >= 15 is 0 Å². The molecule has 1 saturated carbocycles. The highest BCUT2D eigenvalue weighted by Gasteiger charge is 2.15. The third-order valence-electron chi connectivity index (χ3n) is 2.74. The first-order chi connectivity index (χ1) is 8.40. The Morgan fingerprint density at radius 3 is 2.82 bits per heavy atom. The standard InChI is InChI=1S/C15H17NO/c1-2-11-17-16-15-10-6-9-14(15)12-13-7-4-3-5-8-13/h2-5,7-8,12H,1,6,9-11H2. The van der Waals surface area contributed by atoms with Crippen molar-refractivity contribution in [2.75, 3.05) is 6.61 Å². The van der Waals surface area contributed by atoms with Crippen LogP contribution in [0.5, 0.6) is 0 Å². The molecule has 0 unspecified atom stereocenters. The fourth-order valence-corrected chi connectivity index (χ4v) is 1.93. The van der Waals surface area contributed by atoms with E-state index in [-0.39, 0.29) is 0 Å². The molecule has 17 heavy (non-hydrogen) atoms. The summed E-state index contributed by atoms with van der Waals surface area (Å²) in [6.07, 6.45) is 7.17. The van der Waals surface area contributed by atoms with Crippen molar-refractivity contribution in [3.63, 3.8) is 0 Å². The summed E-state index contributed by atoms with van der Waals surface area (Å²) in [5.41, 5.74) is 3.59. The minimum absolute atomic E-state index is 0.474. The van der Waals surface area contributed by atoms with E-state index < -0.39 is 0 Å². The van der Waals surface area contributed by atoms with Gasteiger partial charge < -0.3 is 4.84 Å². The molecule has 1 fully saturated rings. The number of hydrogen-bond acceptors (Lipinski definition) is 2. The molecule has 0 aliphatic heterocycles. The maximum absolute atomic E-state index is 5.16. The third-order valence-corrected chi connectivity index (χ3v) is 2.74. The van der Waals surface area contributed by atoms with Gasteiger partial charge in [0.15, 0.2) is 0 Å². The molecule has 0 amide bonds. The van der Waals surface area contributed by atoms with Crippen molar-refractivity contribution in [3.05, 3.63) is 54.1 Å². The van der Waals surface area contributed by atoms with E-state index in [4.69, 9.17) is 4.84 Å². The number of oxime groups is 1. The Morgan fingerprint density at radius 1 is 1.24 bits per heavy atom. The summed E-state index contributed by atoms with van der Waals surface area (Å²) in [7, 11) is 0. The molecule has 0 heterocycles. The first-order valence-electron chi connectivity index (χ1n) is 5.96. The Morgan fingerprint density at radius 2 is 2.06 bits per heavy atom. The SMILES string of the molecule is C=CCON=C1CCCC1=Cc1ccccc1. The van der Waals surface area contributed by atoms with Gasteiger partial charge in [-0.2, -0.15) is 0 Å². The van der Waals surface area contributed by atoms with Crippen molar-refractivity contribution in [3.8, 4) is 0 Å². The van der Waals surface area contributed by atoms with E-state index in [1.165, 1.54) is 11.1 Å². The average molecular weight is 227 g/mol. The fraction of sp³-hybridized carbons (Fsp3) is 0.267. The van der Waals surface area contributed by atoms with Crippen LogP contribution in [-0.4, -0.2) is 12.3 Å². The van der Waals surface area contributed by atoms with E-state index in [1.54, 1.807) is 6.08 Å². The first-order valence-corrected chi connectivity index (χ1v) is 5.96. The predicted octanol–water partition coefficient (Wildman–Crippen LogP) is 3.81. The van der Waals surface area contributed by atoms with Crippen molar-refractivity contribution >= 4 is 11.8 Å². The number of allylic oxidation sites excluding steroid dienone is 1. The Bertz CT molecular complexity index is 431. The van der Waals surface area contributed by atoms with Crippen LogP contribution >= 0.6 is 0 Å². The lowest BCUT2D eigenvalue weighted by Gasteiger charge is -2.00. The maximum atomic E-state index is 5.16. The van der Waals surface area contributed by atoms with Gasteiger partial charge in [-0.25, -0.2) is 0 Å². The van der Waals surface area contributed by atoms with E-state index in [9.17, 15) is 0 Å². The summed E-state index contributed by atoms with van der Waals surface area (Å²) in [6, 6.07) is 10.3. The smallest absolute Gasteiger partial charge is 0.135 e. The molecule has 1 aromatic carbocycles. The lowest BCUT2D eigenvalue weighted by Crippen LogP contribution is -1.96. The zero-order valence-electron chi connectivity index (χ0n) is 9.93. The zero-order chi connectivity index (χ0) is 11.9. The van der Waals surface area contributed by atoms with Gasteiger partial charge in [-0.15, -0.1) is 0 Å². The molecule has 0 atom stereocenters. The van der Waals surface area contributed by atoms with Crippen LogP contribution in [0.2, 0.25) is 0 Å². The van der Waals surface area contributed by atoms with Crippen molar-refractivity contribution in [2.45, 2.75) is 19.3 Å². The van der Waals surface area contributed by atoms with Crippen molar-refractivity contribution < 1.29 is 4.84 Å². The molecular weight excluding hydrogens is 210 g/mol. The van der Waals surface area contributed by atoms with Gasteiger partial charge in [0.05, 0.1) is 5.71 Å². The summed E-state index contributed by atoms with van der Waals surface area (Å²) in [5.74, 6) is 0. The molecule has 0 saturated heterocycles. The number of benzene rings is 1. The minimum Gasteiger partial charge on any atom is -0.391 e. The predicted molar refractivity (Wildman–Crippen MR) is 71.9 cm³/mol. The summed E-state index contributed by atoms with van der Waals surface area (Å²) < 4.78 is 0. The molecule has 2 nitrogen and oxygen atoms in total. The van der Waals surface area contributed by atoms with Crippen LogP contribution < -0.4 is 0 Å². The second-order valence-electron chi connectivity index (χ2n) is 4.06. The lowest BCUT2D eigenvalue weighted by atomic mass is 10.1. The molecule has 0 aromatic heterocycles. The molecule has 0 bridgehead atoms. The number of hydrogen-bond donors (Lipinski definition) is 0. The third kappa shape index (κ3) is 3.31. The molecule has 2 rings (SSSR count). The molecule has 1 aliphatic carbocycles. The highest BCUT2D eigenvalue weighted by molar-refractivity contribution is 6.05. The van der Waals surface area contributed by atoms with Gasteiger partial charge in [0.1, 0.15) is 6.61 Å². The Hall–Kier alpha value is -1.83. The van der Waals surface area contributed by atoms with Crippen LogP contribution in [0.15, 0.2) is 53.7 Å². The van der Waals surface area contributed by atoms with Gasteiger partial charge in [-0.3, -0.25) is 0 Å². The quantitative estimate of drug-likeness (QED) is 0.435. The molecule has 0 spiro atoms. The van der Waals surface area contributed by atoms with Crippen molar-refractivity contribution in [1.82, 2.24) is 0 Å². The molecular formula is C15H17NO. The molecule has 1 aliphatic rings. The van der Waals surface area contributed by atoms with E-state index in [0.29, 0.717) is 6.61 Å². The zero-order valence-corrected chi connectivity index (χ0v) is 9.93. The van der Waals surface area contributed by atoms with Crippen molar-refractivity contribution in [1.29, 1.82) is 0 Å². The second-order valence-corrected chi connectivity index (χ2v) is 4.06. The van der Waals surface area contributed by atoms with Crippen LogP contribution in [0.25, 0.3) is 6.08 Å². The second kappa shape index (κ2) is 6.04. The van der Waals surface area contributed by atoms with Gasteiger partial charge in [-0.1, -0.05) is 48.1 Å². The number of nitrogens with zero attached hydrogens (tertiary/aromatic N) is 1. The molecule has 0 N–H and O–H groups in total. The molecule has 2 heteroatoms. The summed E-state index contributed by atoms with van der Waals surface area (Å²) in [6.45, 7) is 4.08. The highest BCUT2D eigenvalue weighted by atomic mass is 16.6. The largest absolute Gasteiger partial charge is 0.391 e. The van der Waals surface area contributed by atoms with Crippen LogP contribution in [-0.2, 0) is 4.84 Å². The van der Waals surface area contributed by atoms with Crippen molar-refractivity contribution in [2.24, 2.45) is 5.16 Å². The summed E-state index contributed by atoms with van der Waals surface area (Å²) >= 11 is 0. The Labute approximate surface area is 102 Å². The van der Waals surface area contributed by atoms with E-state index in [0.717, 1.165) is 25.0 Å². The topological polar surface area (TPSA) is 21.6 Å². The van der Waals surface area contributed by atoms with Gasteiger partial charge in [0.2, 0.25) is 0 Å². The van der Waals surface area contributed by atoms with Crippen LogP contribution in [0.4, 0.5) is 0 Å². The first kappa shape index (κ1) is 11.6. The fourth-order valence-electron chi connectivity index (χ4n) is 1.93. The Balaban J connectivity index is 2.11. The number of rotatable bonds is 4. The maximum Gasteiger partial charge on any atom is 0.135 e. The van der Waals surface area contributed by atoms with Crippen LogP contribution in [0.1, 0.15) is 24.8 Å². The molecule has 0 radical (unpaired) electrons. The van der Waals surface area contributed by atoms with Gasteiger partial charge in [0, 0.05) is 0 Å². The lowest BCUT2D eigenvalue weighted by molar-refractivity contribution is 0.174. The monoisotopic (exact) mass is 227 g/mol. The van der Waals surface area contributed by atoms with Crippen LogP contribution in [0.3, 0.4) is 0 Å². The summed E-state index contributed by atoms with van der Waals surface area (Å²) in [5, 5.41) is 4.17. The highest BCUT2D eigenvalue weighted by Crippen LogP contribution is 2.24. The Kier molecular flexibility index (Phi) is 4.14. The van der Waals surface area contributed by atoms with E-state index in [2.05, 4.69) is 29.9 Å². The normalized spacial score (nSPS) is 19.8.